The van der Waals surface area contributed by atoms with Crippen LogP contribution in [0, 0.1) is 6.92 Å². The van der Waals surface area contributed by atoms with Crippen molar-refractivity contribution in [3.8, 4) is 34.1 Å². The van der Waals surface area contributed by atoms with E-state index in [1.807, 2.05) is 61.5 Å². The van der Waals surface area contributed by atoms with Gasteiger partial charge in [0.1, 0.15) is 0 Å². The minimum atomic E-state index is 0.526. The number of aryl methyl sites for hydroxylation is 1. The van der Waals surface area contributed by atoms with E-state index in [9.17, 15) is 0 Å². The Bertz CT molecular complexity index is 1500. The third-order valence-corrected chi connectivity index (χ3v) is 5.83. The van der Waals surface area contributed by atoms with Gasteiger partial charge in [0.2, 0.25) is 5.95 Å². The second kappa shape index (κ2) is 9.02. The van der Waals surface area contributed by atoms with Crippen molar-refractivity contribution < 1.29 is 9.47 Å². The maximum Gasteiger partial charge on any atom is 0.252 e. The van der Waals surface area contributed by atoms with Crippen molar-refractivity contribution in [2.45, 2.75) is 19.9 Å². The van der Waals surface area contributed by atoms with Gasteiger partial charge >= 0.3 is 0 Å². The number of nitrogens with zero attached hydrogens (tertiary/aromatic N) is 6. The van der Waals surface area contributed by atoms with E-state index in [-0.39, 0.29) is 0 Å². The topological polar surface area (TPSA) is 99.4 Å². The maximum atomic E-state index is 5.79. The fourth-order valence-electron chi connectivity index (χ4n) is 4.00. The van der Waals surface area contributed by atoms with Crippen molar-refractivity contribution in [1.29, 1.82) is 0 Å². The Hall–Kier alpha value is -4.53. The van der Waals surface area contributed by atoms with E-state index in [1.165, 1.54) is 0 Å². The van der Waals surface area contributed by atoms with E-state index in [4.69, 9.17) is 14.5 Å². The van der Waals surface area contributed by atoms with Crippen molar-refractivity contribution in [1.82, 2.24) is 29.5 Å². The average molecular weight is 466 g/mol. The third-order valence-electron chi connectivity index (χ3n) is 5.83. The molecule has 3 aromatic heterocycles. The highest BCUT2D eigenvalue weighted by molar-refractivity contribution is 5.64. The number of fused-ring (bicyclic) bond motifs is 2. The molecule has 1 N–H and O–H groups in total. The summed E-state index contributed by atoms with van der Waals surface area (Å²) in [6.07, 6.45) is 4.40. The molecule has 0 saturated heterocycles. The van der Waals surface area contributed by atoms with Crippen LogP contribution in [0.3, 0.4) is 0 Å². The van der Waals surface area contributed by atoms with E-state index in [1.54, 1.807) is 16.9 Å². The summed E-state index contributed by atoms with van der Waals surface area (Å²) >= 11 is 0. The SMILES string of the molecule is Cc1c(-c2ccnc(NCc3ccc4c(c3)OCCCO4)n2)cnc2nc(-c3ccccc3)nn12. The van der Waals surface area contributed by atoms with Gasteiger partial charge in [-0.05, 0) is 30.7 Å². The number of nitrogens with one attached hydrogen (secondary N) is 1. The van der Waals surface area contributed by atoms with Gasteiger partial charge in [0.05, 0.1) is 24.6 Å². The van der Waals surface area contributed by atoms with Gasteiger partial charge in [-0.3, -0.25) is 0 Å². The van der Waals surface area contributed by atoms with Gasteiger partial charge in [-0.2, -0.15) is 4.98 Å². The molecular weight excluding hydrogens is 442 g/mol. The summed E-state index contributed by atoms with van der Waals surface area (Å²) in [4.78, 5) is 18.2. The number of rotatable bonds is 5. The fraction of sp³-hybridized carbons (Fsp3) is 0.192. The number of anilines is 1. The highest BCUT2D eigenvalue weighted by Crippen LogP contribution is 2.30. The normalized spacial score (nSPS) is 12.9. The highest BCUT2D eigenvalue weighted by Gasteiger charge is 2.14. The number of benzene rings is 2. The molecule has 0 bridgehead atoms. The third kappa shape index (κ3) is 4.23. The summed E-state index contributed by atoms with van der Waals surface area (Å²) in [5.74, 6) is 3.27. The van der Waals surface area contributed by atoms with Gasteiger partial charge in [-0.1, -0.05) is 36.4 Å². The van der Waals surface area contributed by atoms with Gasteiger partial charge in [-0.15, -0.1) is 5.10 Å². The lowest BCUT2D eigenvalue weighted by Crippen LogP contribution is -2.05. The van der Waals surface area contributed by atoms with E-state index in [2.05, 4.69) is 25.4 Å². The van der Waals surface area contributed by atoms with Crippen molar-refractivity contribution in [3.63, 3.8) is 0 Å². The predicted octanol–water partition coefficient (Wildman–Crippen LogP) is 4.33. The molecule has 0 unspecified atom stereocenters. The van der Waals surface area contributed by atoms with Crippen LogP contribution in [0.5, 0.6) is 11.5 Å². The maximum absolute atomic E-state index is 5.79. The molecule has 9 heteroatoms. The Kier molecular flexibility index (Phi) is 5.42. The Morgan fingerprint density at radius 2 is 1.80 bits per heavy atom. The van der Waals surface area contributed by atoms with Crippen LogP contribution in [0.4, 0.5) is 5.95 Å². The standard InChI is InChI=1S/C26H23N7O2/c1-17-20(16-29-26-31-24(32-33(17)26)19-6-3-2-4-7-19)21-10-11-27-25(30-21)28-15-18-8-9-22-23(14-18)35-13-5-12-34-22/h2-4,6-11,14,16H,5,12-13,15H2,1H3,(H,27,28,30). The molecule has 35 heavy (non-hydrogen) atoms. The van der Waals surface area contributed by atoms with Crippen molar-refractivity contribution in [2.24, 2.45) is 0 Å². The van der Waals surface area contributed by atoms with Gasteiger partial charge < -0.3 is 14.8 Å². The molecule has 1 aliphatic heterocycles. The molecule has 2 aromatic carbocycles. The molecule has 0 aliphatic carbocycles. The zero-order valence-electron chi connectivity index (χ0n) is 19.2. The van der Waals surface area contributed by atoms with Crippen LogP contribution < -0.4 is 14.8 Å². The number of hydrogen-bond acceptors (Lipinski definition) is 8. The summed E-state index contributed by atoms with van der Waals surface area (Å²) in [6.45, 7) is 3.87. The van der Waals surface area contributed by atoms with Crippen LogP contribution >= 0.6 is 0 Å². The second-order valence-electron chi connectivity index (χ2n) is 8.22. The monoisotopic (exact) mass is 465 g/mol. The first kappa shape index (κ1) is 21.0. The summed E-state index contributed by atoms with van der Waals surface area (Å²) in [5.41, 5.74) is 4.52. The molecule has 174 valence electrons. The van der Waals surface area contributed by atoms with Crippen molar-refractivity contribution >= 4 is 11.7 Å². The quantitative estimate of drug-likeness (QED) is 0.409. The predicted molar refractivity (Wildman–Crippen MR) is 131 cm³/mol. The molecule has 0 spiro atoms. The zero-order valence-corrected chi connectivity index (χ0v) is 19.2. The van der Waals surface area contributed by atoms with E-state index in [0.717, 1.165) is 46.0 Å². The molecule has 1 aliphatic rings. The molecule has 4 heterocycles. The Morgan fingerprint density at radius 3 is 2.69 bits per heavy atom. The molecule has 5 aromatic rings. The molecule has 0 fully saturated rings. The first-order valence-electron chi connectivity index (χ1n) is 11.5. The summed E-state index contributed by atoms with van der Waals surface area (Å²) < 4.78 is 13.3. The molecule has 0 saturated carbocycles. The van der Waals surface area contributed by atoms with Gasteiger partial charge in [0.25, 0.3) is 5.78 Å². The zero-order chi connectivity index (χ0) is 23.6. The minimum Gasteiger partial charge on any atom is -0.490 e. The van der Waals surface area contributed by atoms with Crippen LogP contribution in [0.2, 0.25) is 0 Å². The van der Waals surface area contributed by atoms with Crippen molar-refractivity contribution in [3.05, 3.63) is 78.2 Å². The molecule has 0 atom stereocenters. The van der Waals surface area contributed by atoms with Crippen LogP contribution in [0.25, 0.3) is 28.4 Å². The Morgan fingerprint density at radius 1 is 0.943 bits per heavy atom. The largest absolute Gasteiger partial charge is 0.490 e. The first-order valence-corrected chi connectivity index (χ1v) is 11.5. The van der Waals surface area contributed by atoms with Crippen LogP contribution in [-0.4, -0.2) is 42.8 Å². The second-order valence-corrected chi connectivity index (χ2v) is 8.22. The van der Waals surface area contributed by atoms with Gasteiger partial charge in [-0.25, -0.2) is 19.5 Å². The molecular formula is C26H23N7O2. The lowest BCUT2D eigenvalue weighted by Gasteiger charge is -2.11. The lowest BCUT2D eigenvalue weighted by atomic mass is 10.2. The van der Waals surface area contributed by atoms with Crippen LogP contribution in [0.15, 0.2) is 67.0 Å². The van der Waals surface area contributed by atoms with Crippen LogP contribution in [-0.2, 0) is 6.54 Å². The van der Waals surface area contributed by atoms with E-state index < -0.39 is 0 Å². The van der Waals surface area contributed by atoms with E-state index >= 15 is 0 Å². The molecule has 6 rings (SSSR count). The summed E-state index contributed by atoms with van der Waals surface area (Å²) in [6, 6.07) is 17.7. The van der Waals surface area contributed by atoms with Gasteiger partial charge in [0.15, 0.2) is 17.3 Å². The Labute approximate surface area is 201 Å². The molecule has 0 amide bonds. The van der Waals surface area contributed by atoms with E-state index in [0.29, 0.717) is 37.3 Å². The summed E-state index contributed by atoms with van der Waals surface area (Å²) in [7, 11) is 0. The minimum absolute atomic E-state index is 0.526. The first-order chi connectivity index (χ1) is 17.2. The van der Waals surface area contributed by atoms with Crippen molar-refractivity contribution in [2.75, 3.05) is 18.5 Å². The van der Waals surface area contributed by atoms with Gasteiger partial charge in [0, 0.05) is 36.5 Å². The number of aromatic nitrogens is 6. The number of ether oxygens (including phenoxy) is 2. The summed E-state index contributed by atoms with van der Waals surface area (Å²) in [5, 5.41) is 7.97. The fourth-order valence-corrected chi connectivity index (χ4v) is 4.00. The smallest absolute Gasteiger partial charge is 0.252 e. The average Bonchev–Trinajstić information content (AvgIpc) is 3.21. The Balaban J connectivity index is 1.24. The number of hydrogen-bond donors (Lipinski definition) is 1. The molecule has 0 radical (unpaired) electrons. The van der Waals surface area contributed by atoms with Crippen LogP contribution in [0.1, 0.15) is 17.7 Å². The molecule has 9 nitrogen and oxygen atoms in total. The lowest BCUT2D eigenvalue weighted by molar-refractivity contribution is 0.297. The highest BCUT2D eigenvalue weighted by atomic mass is 16.5.